The van der Waals surface area contributed by atoms with Crippen LogP contribution in [0.1, 0.15) is 34.9 Å². The van der Waals surface area contributed by atoms with Gasteiger partial charge in [-0.1, -0.05) is 0 Å². The van der Waals surface area contributed by atoms with Crippen LogP contribution in [0, 0.1) is 32.5 Å². The van der Waals surface area contributed by atoms with Crippen LogP contribution in [0.5, 0.6) is 0 Å². The molecule has 158 valence electrons. The number of hydrogen-bond acceptors (Lipinski definition) is 5. The first-order valence-electron chi connectivity index (χ1n) is 10.2. The summed E-state index contributed by atoms with van der Waals surface area (Å²) in [4.78, 5) is 19.5. The summed E-state index contributed by atoms with van der Waals surface area (Å²) in [6, 6.07) is 6.65. The number of anilines is 1. The van der Waals surface area contributed by atoms with Gasteiger partial charge in [-0.15, -0.1) is 11.3 Å². The van der Waals surface area contributed by atoms with Crippen LogP contribution in [-0.2, 0) is 11.3 Å². The maximum absolute atomic E-state index is 14.7. The average Bonchev–Trinajstić information content (AvgIpc) is 3.26. The monoisotopic (exact) mass is 427 g/mol. The topological polar surface area (TPSA) is 63.1 Å². The molecule has 2 aromatic heterocycles. The Bertz CT molecular complexity index is 1050. The molecule has 1 aliphatic heterocycles. The minimum atomic E-state index is -0.410. The predicted octanol–water partition coefficient (Wildman–Crippen LogP) is 4.24. The molecule has 0 atom stereocenters. The number of carbonyl (C=O) groups excluding carboxylic acids is 1. The lowest BCUT2D eigenvalue weighted by Gasteiger charge is -2.30. The van der Waals surface area contributed by atoms with Crippen molar-refractivity contribution >= 4 is 22.9 Å². The molecule has 1 aromatic carbocycles. The van der Waals surface area contributed by atoms with Crippen molar-refractivity contribution in [1.29, 1.82) is 0 Å². The van der Waals surface area contributed by atoms with Crippen molar-refractivity contribution in [2.75, 3.05) is 18.4 Å². The number of thiazole rings is 1. The number of halogens is 1. The first-order chi connectivity index (χ1) is 14.4. The summed E-state index contributed by atoms with van der Waals surface area (Å²) < 4.78 is 16.2. The summed E-state index contributed by atoms with van der Waals surface area (Å²) in [5.74, 6) is -0.512. The number of nitrogens with one attached hydrogen (secondary N) is 1. The molecule has 0 spiro atoms. The van der Waals surface area contributed by atoms with E-state index in [1.807, 2.05) is 26.8 Å². The molecular formula is C22H26FN5OS. The number of aryl methyl sites for hydroxylation is 3. The van der Waals surface area contributed by atoms with Gasteiger partial charge in [0.1, 0.15) is 5.69 Å². The molecule has 0 unspecified atom stereocenters. The van der Waals surface area contributed by atoms with E-state index in [-0.39, 0.29) is 11.8 Å². The van der Waals surface area contributed by atoms with E-state index >= 15 is 0 Å². The SMILES string of the molecule is Cc1cc(C)n(-c2ccc(NC(=O)C3CCN(Cc4csc(C)n4)CC3)cc2F)n1. The van der Waals surface area contributed by atoms with E-state index in [0.29, 0.717) is 11.4 Å². The molecule has 6 nitrogen and oxygen atoms in total. The van der Waals surface area contributed by atoms with Crippen LogP contribution >= 0.6 is 11.3 Å². The van der Waals surface area contributed by atoms with Crippen molar-refractivity contribution in [2.24, 2.45) is 5.92 Å². The largest absolute Gasteiger partial charge is 0.326 e. The normalized spacial score (nSPS) is 15.5. The second-order valence-corrected chi connectivity index (χ2v) is 8.96. The third-order valence-electron chi connectivity index (χ3n) is 5.46. The van der Waals surface area contributed by atoms with Gasteiger partial charge in [-0.05, 0) is 71.0 Å². The number of aromatic nitrogens is 3. The molecule has 1 aliphatic rings. The van der Waals surface area contributed by atoms with Gasteiger partial charge in [0.05, 0.1) is 16.4 Å². The van der Waals surface area contributed by atoms with Crippen molar-refractivity contribution in [3.8, 4) is 5.69 Å². The molecule has 30 heavy (non-hydrogen) atoms. The van der Waals surface area contributed by atoms with Gasteiger partial charge >= 0.3 is 0 Å². The molecule has 0 bridgehead atoms. The Morgan fingerprint density at radius 1 is 1.23 bits per heavy atom. The zero-order valence-electron chi connectivity index (χ0n) is 17.5. The van der Waals surface area contributed by atoms with Gasteiger partial charge < -0.3 is 5.32 Å². The van der Waals surface area contributed by atoms with Crippen molar-refractivity contribution < 1.29 is 9.18 Å². The molecule has 1 saturated heterocycles. The summed E-state index contributed by atoms with van der Waals surface area (Å²) in [5.41, 5.74) is 3.65. The zero-order valence-corrected chi connectivity index (χ0v) is 18.3. The number of rotatable bonds is 5. The van der Waals surface area contributed by atoms with E-state index in [0.717, 1.165) is 54.6 Å². The van der Waals surface area contributed by atoms with Crippen LogP contribution in [0.2, 0.25) is 0 Å². The fourth-order valence-electron chi connectivity index (χ4n) is 3.94. The smallest absolute Gasteiger partial charge is 0.227 e. The minimum absolute atomic E-state index is 0.0441. The highest BCUT2D eigenvalue weighted by Gasteiger charge is 2.25. The van der Waals surface area contributed by atoms with E-state index in [4.69, 9.17) is 0 Å². The van der Waals surface area contributed by atoms with Crippen molar-refractivity contribution in [3.05, 3.63) is 57.6 Å². The third-order valence-corrected chi connectivity index (χ3v) is 6.29. The molecule has 8 heteroatoms. The number of nitrogens with zero attached hydrogens (tertiary/aromatic N) is 4. The molecule has 4 rings (SSSR count). The fourth-order valence-corrected chi connectivity index (χ4v) is 4.54. The summed E-state index contributed by atoms with van der Waals surface area (Å²) >= 11 is 1.66. The highest BCUT2D eigenvalue weighted by atomic mass is 32.1. The van der Waals surface area contributed by atoms with Crippen LogP contribution in [0.3, 0.4) is 0 Å². The molecule has 1 amide bonds. The van der Waals surface area contributed by atoms with Crippen LogP contribution in [-0.4, -0.2) is 38.7 Å². The number of likely N-dealkylation sites (tertiary alicyclic amines) is 1. The first kappa shape index (κ1) is 20.7. The summed E-state index contributed by atoms with van der Waals surface area (Å²) in [6.45, 7) is 8.32. The van der Waals surface area contributed by atoms with E-state index in [1.54, 1.807) is 28.2 Å². The maximum Gasteiger partial charge on any atom is 0.227 e. The van der Waals surface area contributed by atoms with Crippen molar-refractivity contribution in [2.45, 2.75) is 40.2 Å². The molecule has 3 aromatic rings. The van der Waals surface area contributed by atoms with Gasteiger partial charge in [0, 0.05) is 29.2 Å². The quantitative estimate of drug-likeness (QED) is 0.661. The van der Waals surface area contributed by atoms with Crippen LogP contribution in [0.4, 0.5) is 10.1 Å². The Morgan fingerprint density at radius 2 is 2.00 bits per heavy atom. The highest BCUT2D eigenvalue weighted by Crippen LogP contribution is 2.24. The van der Waals surface area contributed by atoms with Gasteiger partial charge in [0.25, 0.3) is 0 Å². The second kappa shape index (κ2) is 8.65. The van der Waals surface area contributed by atoms with Gasteiger partial charge in [-0.2, -0.15) is 5.10 Å². The Hall–Kier alpha value is -2.58. The fraction of sp³-hybridized carbons (Fsp3) is 0.409. The van der Waals surface area contributed by atoms with Crippen LogP contribution in [0.25, 0.3) is 5.69 Å². The Labute approximate surface area is 179 Å². The lowest BCUT2D eigenvalue weighted by Crippen LogP contribution is -2.37. The molecule has 0 radical (unpaired) electrons. The molecule has 3 heterocycles. The first-order valence-corrected chi connectivity index (χ1v) is 11.0. The number of hydrogen-bond donors (Lipinski definition) is 1. The lowest BCUT2D eigenvalue weighted by molar-refractivity contribution is -0.121. The van der Waals surface area contributed by atoms with Gasteiger partial charge in [0.2, 0.25) is 5.91 Å². The van der Waals surface area contributed by atoms with Gasteiger partial charge in [-0.25, -0.2) is 14.1 Å². The molecule has 0 aliphatic carbocycles. The summed E-state index contributed by atoms with van der Waals surface area (Å²) in [7, 11) is 0. The third kappa shape index (κ3) is 4.60. The van der Waals surface area contributed by atoms with E-state index in [2.05, 4.69) is 25.7 Å². The Kier molecular flexibility index (Phi) is 5.97. The second-order valence-electron chi connectivity index (χ2n) is 7.90. The van der Waals surface area contributed by atoms with Gasteiger partial charge in [-0.3, -0.25) is 9.69 Å². The summed E-state index contributed by atoms with van der Waals surface area (Å²) in [5, 5.41) is 10.4. The number of carbonyl (C=O) groups is 1. The average molecular weight is 428 g/mol. The van der Waals surface area contributed by atoms with E-state index in [1.165, 1.54) is 6.07 Å². The predicted molar refractivity (Wildman–Crippen MR) is 116 cm³/mol. The Balaban J connectivity index is 1.34. The van der Waals surface area contributed by atoms with E-state index < -0.39 is 5.82 Å². The van der Waals surface area contributed by atoms with Crippen LogP contribution < -0.4 is 5.32 Å². The van der Waals surface area contributed by atoms with Crippen molar-refractivity contribution in [1.82, 2.24) is 19.7 Å². The van der Waals surface area contributed by atoms with Crippen molar-refractivity contribution in [3.63, 3.8) is 0 Å². The Morgan fingerprint density at radius 3 is 2.60 bits per heavy atom. The molecule has 0 saturated carbocycles. The molecular weight excluding hydrogens is 401 g/mol. The number of amides is 1. The summed E-state index contributed by atoms with van der Waals surface area (Å²) in [6.07, 6.45) is 1.59. The number of benzene rings is 1. The molecule has 1 fully saturated rings. The standard InChI is InChI=1S/C22H26FN5OS/c1-14-10-15(2)28(26-14)21-5-4-18(11-20(21)23)25-22(29)17-6-8-27(9-7-17)12-19-13-30-16(3)24-19/h4-5,10-11,13,17H,6-9,12H2,1-3H3,(H,25,29). The number of piperidine rings is 1. The zero-order chi connectivity index (χ0) is 21.3. The van der Waals surface area contributed by atoms with Crippen LogP contribution in [0.15, 0.2) is 29.6 Å². The maximum atomic E-state index is 14.7. The van der Waals surface area contributed by atoms with Gasteiger partial charge in [0.15, 0.2) is 5.82 Å². The molecule has 1 N–H and O–H groups in total. The lowest BCUT2D eigenvalue weighted by atomic mass is 9.95. The minimum Gasteiger partial charge on any atom is -0.326 e. The van der Waals surface area contributed by atoms with E-state index in [9.17, 15) is 9.18 Å². The highest BCUT2D eigenvalue weighted by molar-refractivity contribution is 7.09.